The molecule has 0 aliphatic carbocycles. The average molecular weight is 489 g/mol. The van der Waals surface area contributed by atoms with Crippen LogP contribution in [0.15, 0.2) is 53.7 Å². The van der Waals surface area contributed by atoms with Crippen LogP contribution >= 0.6 is 11.8 Å². The number of alkyl halides is 3. The average Bonchev–Trinajstić information content (AvgIpc) is 3.26. The third-order valence-electron chi connectivity index (χ3n) is 4.78. The largest absolute Gasteiger partial charge is 0.454 e. The highest BCUT2D eigenvalue weighted by Crippen LogP contribution is 2.37. The monoisotopic (exact) mass is 489 g/mol. The second-order valence-corrected chi connectivity index (χ2v) is 8.33. The molecular weight excluding hydrogens is 471 g/mol. The van der Waals surface area contributed by atoms with Gasteiger partial charge in [0.2, 0.25) is 12.7 Å². The van der Waals surface area contributed by atoms with Gasteiger partial charge in [0.1, 0.15) is 5.69 Å². The molecule has 0 atom stereocenters. The SMILES string of the molecule is CC(=O)c1cccc(NC(=O)CCSc2nc(-c3ccc4c(c3)OCO4)cc(C(F)(F)F)n2)c1. The molecular formula is C23H18F3N3O4S. The Labute approximate surface area is 196 Å². The van der Waals surface area contributed by atoms with Gasteiger partial charge in [-0.3, -0.25) is 9.59 Å². The molecule has 1 aliphatic heterocycles. The van der Waals surface area contributed by atoms with Crippen molar-refractivity contribution in [2.45, 2.75) is 24.7 Å². The number of rotatable bonds is 7. The van der Waals surface area contributed by atoms with Gasteiger partial charge in [0.05, 0.1) is 5.69 Å². The number of aromatic nitrogens is 2. The molecule has 2 heterocycles. The van der Waals surface area contributed by atoms with E-state index >= 15 is 0 Å². The van der Waals surface area contributed by atoms with Crippen LogP contribution in [-0.4, -0.2) is 34.2 Å². The summed E-state index contributed by atoms with van der Waals surface area (Å²) in [6, 6.07) is 12.1. The minimum atomic E-state index is -4.66. The van der Waals surface area contributed by atoms with Crippen molar-refractivity contribution in [3.05, 3.63) is 59.8 Å². The van der Waals surface area contributed by atoms with Gasteiger partial charge in [0.25, 0.3) is 0 Å². The molecule has 1 aliphatic rings. The van der Waals surface area contributed by atoms with Crippen molar-refractivity contribution in [3.8, 4) is 22.8 Å². The van der Waals surface area contributed by atoms with Crippen molar-refractivity contribution >= 4 is 29.1 Å². The summed E-state index contributed by atoms with van der Waals surface area (Å²) in [6.45, 7) is 1.46. The number of amides is 1. The Hall–Kier alpha value is -3.60. The smallest absolute Gasteiger partial charge is 0.433 e. The molecule has 1 amide bonds. The van der Waals surface area contributed by atoms with Crippen molar-refractivity contribution in [2.75, 3.05) is 17.9 Å². The Morgan fingerprint density at radius 2 is 1.85 bits per heavy atom. The quantitative estimate of drug-likeness (QED) is 0.277. The number of benzene rings is 2. The maximum Gasteiger partial charge on any atom is 0.433 e. The Morgan fingerprint density at radius 3 is 2.62 bits per heavy atom. The number of hydrogen-bond acceptors (Lipinski definition) is 7. The number of anilines is 1. The highest BCUT2D eigenvalue weighted by atomic mass is 32.2. The van der Waals surface area contributed by atoms with Crippen molar-refractivity contribution in [2.24, 2.45) is 0 Å². The highest BCUT2D eigenvalue weighted by molar-refractivity contribution is 7.99. The van der Waals surface area contributed by atoms with Crippen LogP contribution in [0.3, 0.4) is 0 Å². The van der Waals surface area contributed by atoms with Crippen LogP contribution in [0, 0.1) is 0 Å². The van der Waals surface area contributed by atoms with Gasteiger partial charge in [-0.25, -0.2) is 9.97 Å². The first-order valence-electron chi connectivity index (χ1n) is 10.1. The number of nitrogens with zero attached hydrogens (tertiary/aromatic N) is 2. The first-order valence-corrected chi connectivity index (χ1v) is 11.1. The number of thioether (sulfide) groups is 1. The molecule has 7 nitrogen and oxygen atoms in total. The van der Waals surface area contributed by atoms with E-state index in [1.165, 1.54) is 6.92 Å². The standard InChI is InChI=1S/C23H18F3N3O4S/c1-13(30)14-3-2-4-16(9-14)27-21(31)7-8-34-22-28-17(11-20(29-22)23(24,25)26)15-5-6-18-19(10-15)33-12-32-18/h2-6,9-11H,7-8,12H2,1H3,(H,27,31). The number of nitrogens with one attached hydrogen (secondary N) is 1. The molecule has 4 rings (SSSR count). The molecule has 176 valence electrons. The van der Waals surface area contributed by atoms with Crippen molar-refractivity contribution < 1.29 is 32.2 Å². The highest BCUT2D eigenvalue weighted by Gasteiger charge is 2.34. The van der Waals surface area contributed by atoms with Gasteiger partial charge in [-0.1, -0.05) is 23.9 Å². The summed E-state index contributed by atoms with van der Waals surface area (Å²) in [5, 5.41) is 2.57. The topological polar surface area (TPSA) is 90.4 Å². The van der Waals surface area contributed by atoms with E-state index in [2.05, 4.69) is 15.3 Å². The fraction of sp³-hybridized carbons (Fsp3) is 0.217. The molecule has 0 spiro atoms. The van der Waals surface area contributed by atoms with Gasteiger partial charge in [-0.05, 0) is 43.3 Å². The van der Waals surface area contributed by atoms with Gasteiger partial charge in [0, 0.05) is 29.0 Å². The van der Waals surface area contributed by atoms with Crippen LogP contribution in [0.2, 0.25) is 0 Å². The summed E-state index contributed by atoms with van der Waals surface area (Å²) < 4.78 is 50.8. The number of ketones is 1. The lowest BCUT2D eigenvalue weighted by Crippen LogP contribution is -2.13. The first kappa shape index (κ1) is 23.6. The molecule has 0 radical (unpaired) electrons. The van der Waals surface area contributed by atoms with Crippen LogP contribution in [0.1, 0.15) is 29.4 Å². The zero-order valence-electron chi connectivity index (χ0n) is 17.8. The van der Waals surface area contributed by atoms with Crippen LogP contribution in [-0.2, 0) is 11.0 Å². The van der Waals surface area contributed by atoms with Gasteiger partial charge < -0.3 is 14.8 Å². The molecule has 2 aromatic carbocycles. The fourth-order valence-corrected chi connectivity index (χ4v) is 3.91. The molecule has 3 aromatic rings. The third kappa shape index (κ3) is 5.66. The molecule has 0 unspecified atom stereocenters. The van der Waals surface area contributed by atoms with E-state index in [4.69, 9.17) is 9.47 Å². The Balaban J connectivity index is 1.46. The zero-order valence-corrected chi connectivity index (χ0v) is 18.6. The van der Waals surface area contributed by atoms with E-state index in [1.807, 2.05) is 0 Å². The number of hydrogen-bond donors (Lipinski definition) is 1. The van der Waals surface area contributed by atoms with Gasteiger partial charge in [-0.15, -0.1) is 0 Å². The van der Waals surface area contributed by atoms with E-state index in [-0.39, 0.29) is 41.5 Å². The summed E-state index contributed by atoms with van der Waals surface area (Å²) in [6.07, 6.45) is -4.66. The molecule has 34 heavy (non-hydrogen) atoms. The summed E-state index contributed by atoms with van der Waals surface area (Å²) in [5.41, 5.74) is 0.336. The number of ether oxygens (including phenoxy) is 2. The normalized spacial score (nSPS) is 12.5. The number of halogens is 3. The Kier molecular flexibility index (Phi) is 6.73. The number of carbonyl (C=O) groups excluding carboxylic acids is 2. The summed E-state index contributed by atoms with van der Waals surface area (Å²) >= 11 is 0.939. The van der Waals surface area contributed by atoms with Crippen LogP contribution in [0.4, 0.5) is 18.9 Å². The van der Waals surface area contributed by atoms with Crippen LogP contribution < -0.4 is 14.8 Å². The third-order valence-corrected chi connectivity index (χ3v) is 5.63. The lowest BCUT2D eigenvalue weighted by molar-refractivity contribution is -0.141. The van der Waals surface area contributed by atoms with E-state index in [0.29, 0.717) is 28.3 Å². The van der Waals surface area contributed by atoms with E-state index in [0.717, 1.165) is 17.8 Å². The maximum absolute atomic E-state index is 13.4. The lowest BCUT2D eigenvalue weighted by atomic mass is 10.1. The molecule has 1 aromatic heterocycles. The summed E-state index contributed by atoms with van der Waals surface area (Å²) in [5.74, 6) is 0.593. The first-order chi connectivity index (χ1) is 16.2. The van der Waals surface area contributed by atoms with E-state index in [9.17, 15) is 22.8 Å². The predicted octanol–water partition coefficient (Wildman–Crippen LogP) is 5.21. The molecule has 11 heteroatoms. The Morgan fingerprint density at radius 1 is 1.06 bits per heavy atom. The molecule has 0 bridgehead atoms. The Bertz CT molecular complexity index is 1250. The lowest BCUT2D eigenvalue weighted by Gasteiger charge is -2.11. The number of Topliss-reactive ketones (excluding diaryl/α,β-unsaturated/α-hetero) is 1. The molecule has 1 N–H and O–H groups in total. The van der Waals surface area contributed by atoms with Crippen molar-refractivity contribution in [3.63, 3.8) is 0 Å². The fourth-order valence-electron chi connectivity index (χ4n) is 3.11. The molecule has 0 fully saturated rings. The zero-order chi connectivity index (χ0) is 24.3. The van der Waals surface area contributed by atoms with Gasteiger partial charge in [0.15, 0.2) is 22.4 Å². The molecule has 0 saturated carbocycles. The summed E-state index contributed by atoms with van der Waals surface area (Å²) in [4.78, 5) is 31.6. The van der Waals surface area contributed by atoms with Gasteiger partial charge >= 0.3 is 6.18 Å². The number of carbonyl (C=O) groups is 2. The van der Waals surface area contributed by atoms with Crippen molar-refractivity contribution in [1.29, 1.82) is 0 Å². The predicted molar refractivity (Wildman–Crippen MR) is 119 cm³/mol. The van der Waals surface area contributed by atoms with Crippen LogP contribution in [0.5, 0.6) is 11.5 Å². The summed E-state index contributed by atoms with van der Waals surface area (Å²) in [7, 11) is 0. The number of fused-ring (bicyclic) bond motifs is 1. The van der Waals surface area contributed by atoms with E-state index in [1.54, 1.807) is 42.5 Å². The van der Waals surface area contributed by atoms with Crippen LogP contribution in [0.25, 0.3) is 11.3 Å². The second kappa shape index (κ2) is 9.72. The minimum absolute atomic E-state index is 0.00787. The second-order valence-electron chi connectivity index (χ2n) is 7.27. The minimum Gasteiger partial charge on any atom is -0.454 e. The van der Waals surface area contributed by atoms with Crippen molar-refractivity contribution in [1.82, 2.24) is 9.97 Å². The van der Waals surface area contributed by atoms with E-state index < -0.39 is 11.9 Å². The van der Waals surface area contributed by atoms with Gasteiger partial charge in [-0.2, -0.15) is 13.2 Å². The molecule has 0 saturated heterocycles. The maximum atomic E-state index is 13.4.